The van der Waals surface area contributed by atoms with E-state index in [1.165, 1.54) is 12.0 Å². The van der Waals surface area contributed by atoms with Gasteiger partial charge in [-0.3, -0.25) is 4.79 Å². The van der Waals surface area contributed by atoms with Crippen LogP contribution in [0.1, 0.15) is 47.7 Å². The van der Waals surface area contributed by atoms with Crippen LogP contribution in [-0.4, -0.2) is 46.3 Å². The van der Waals surface area contributed by atoms with E-state index in [1.807, 2.05) is 41.2 Å². The number of aromatic nitrogens is 2. The predicted molar refractivity (Wildman–Crippen MR) is 126 cm³/mol. The minimum Gasteiger partial charge on any atom is -0.349 e. The van der Waals surface area contributed by atoms with E-state index in [9.17, 15) is 4.79 Å². The summed E-state index contributed by atoms with van der Waals surface area (Å²) in [6.45, 7) is 9.61. The van der Waals surface area contributed by atoms with Gasteiger partial charge < -0.3 is 10.2 Å². The fourth-order valence-corrected chi connectivity index (χ4v) is 4.41. The van der Waals surface area contributed by atoms with Gasteiger partial charge in [0.1, 0.15) is 5.69 Å². The number of carbonyl (C=O) groups is 1. The molecule has 0 atom stereocenters. The van der Waals surface area contributed by atoms with Crippen molar-refractivity contribution in [3.8, 4) is 16.9 Å². The van der Waals surface area contributed by atoms with Crippen LogP contribution in [-0.2, 0) is 0 Å². The van der Waals surface area contributed by atoms with Crippen molar-refractivity contribution in [1.82, 2.24) is 20.0 Å². The maximum absolute atomic E-state index is 13.4. The highest BCUT2D eigenvalue weighted by Crippen LogP contribution is 2.28. The number of nitrogens with zero attached hydrogens (tertiary/aromatic N) is 3. The summed E-state index contributed by atoms with van der Waals surface area (Å²) in [5, 5.41) is 8.12. The zero-order valence-corrected chi connectivity index (χ0v) is 18.8. The molecule has 31 heavy (non-hydrogen) atoms. The van der Waals surface area contributed by atoms with Crippen LogP contribution in [0.3, 0.4) is 0 Å². The van der Waals surface area contributed by atoms with Gasteiger partial charge in [0.2, 0.25) is 0 Å². The normalized spacial score (nSPS) is 15.2. The van der Waals surface area contributed by atoms with Crippen molar-refractivity contribution in [3.63, 3.8) is 0 Å². The van der Waals surface area contributed by atoms with Gasteiger partial charge in [-0.25, -0.2) is 4.68 Å². The molecule has 5 nitrogen and oxygen atoms in total. The lowest BCUT2D eigenvalue weighted by molar-refractivity contribution is 0.0912. The number of rotatable bonds is 6. The lowest BCUT2D eigenvalue weighted by Crippen LogP contribution is -2.44. The molecule has 1 aliphatic rings. The average molecular weight is 417 g/mol. The Morgan fingerprint density at radius 2 is 1.84 bits per heavy atom. The Morgan fingerprint density at radius 1 is 1.10 bits per heavy atom. The zero-order chi connectivity index (χ0) is 21.8. The first-order valence-electron chi connectivity index (χ1n) is 11.3. The third-order valence-corrected chi connectivity index (χ3v) is 6.08. The lowest BCUT2D eigenvalue weighted by atomic mass is 9.99. The third-order valence-electron chi connectivity index (χ3n) is 6.08. The van der Waals surface area contributed by atoms with Gasteiger partial charge in [0.05, 0.1) is 11.3 Å². The van der Waals surface area contributed by atoms with Crippen LogP contribution in [0.4, 0.5) is 0 Å². The summed E-state index contributed by atoms with van der Waals surface area (Å²) in [6.07, 6.45) is 5.04. The highest BCUT2D eigenvalue weighted by atomic mass is 16.1. The number of piperidine rings is 1. The zero-order valence-electron chi connectivity index (χ0n) is 18.8. The molecule has 1 fully saturated rings. The van der Waals surface area contributed by atoms with E-state index in [-0.39, 0.29) is 11.9 Å². The van der Waals surface area contributed by atoms with E-state index in [0.29, 0.717) is 5.56 Å². The number of amides is 1. The second-order valence-electron chi connectivity index (χ2n) is 8.58. The van der Waals surface area contributed by atoms with E-state index >= 15 is 0 Å². The molecule has 0 unspecified atom stereocenters. The van der Waals surface area contributed by atoms with Crippen LogP contribution in [0.5, 0.6) is 0 Å². The Hall–Kier alpha value is -2.92. The first-order valence-corrected chi connectivity index (χ1v) is 11.3. The fraction of sp³-hybridized carbons (Fsp3) is 0.385. The third kappa shape index (κ3) is 4.88. The van der Waals surface area contributed by atoms with Gasteiger partial charge in [0, 0.05) is 30.9 Å². The largest absolute Gasteiger partial charge is 0.349 e. The standard InChI is InChI=1S/C26H32N4O/c1-4-14-29-15-12-21(13-16-29)27-26(31)24-18-30(22-8-6-5-7-9-22)28-25(24)23-11-10-19(2)17-20(23)3/h5-11,17-18,21H,4,12-16H2,1-3H3,(H,27,31). The van der Waals surface area contributed by atoms with Crippen molar-refractivity contribution in [3.05, 3.63) is 71.4 Å². The predicted octanol–water partition coefficient (Wildman–Crippen LogP) is 4.76. The molecule has 0 radical (unpaired) electrons. The second kappa shape index (κ2) is 9.48. The molecule has 0 bridgehead atoms. The van der Waals surface area contributed by atoms with Crippen molar-refractivity contribution >= 4 is 5.91 Å². The molecule has 1 amide bonds. The Kier molecular flexibility index (Phi) is 6.52. The first-order chi connectivity index (χ1) is 15.0. The molecule has 1 aliphatic heterocycles. The number of likely N-dealkylation sites (tertiary alicyclic amines) is 1. The average Bonchev–Trinajstić information content (AvgIpc) is 3.21. The Balaban J connectivity index is 1.62. The summed E-state index contributed by atoms with van der Waals surface area (Å²) < 4.78 is 1.81. The van der Waals surface area contributed by atoms with Crippen molar-refractivity contribution in [2.24, 2.45) is 0 Å². The van der Waals surface area contributed by atoms with Crippen molar-refractivity contribution in [2.45, 2.75) is 46.1 Å². The molecule has 1 saturated heterocycles. The van der Waals surface area contributed by atoms with Crippen molar-refractivity contribution in [1.29, 1.82) is 0 Å². The van der Waals surface area contributed by atoms with E-state index in [4.69, 9.17) is 5.10 Å². The highest BCUT2D eigenvalue weighted by Gasteiger charge is 2.24. The minimum atomic E-state index is -0.0360. The molecule has 3 aromatic rings. The monoisotopic (exact) mass is 416 g/mol. The van der Waals surface area contributed by atoms with E-state index in [0.717, 1.165) is 55.0 Å². The smallest absolute Gasteiger partial charge is 0.255 e. The highest BCUT2D eigenvalue weighted by molar-refractivity contribution is 6.00. The molecule has 162 valence electrons. The molecule has 0 saturated carbocycles. The number of hydrogen-bond acceptors (Lipinski definition) is 3. The number of aryl methyl sites for hydroxylation is 2. The number of benzene rings is 2. The van der Waals surface area contributed by atoms with E-state index in [1.54, 1.807) is 0 Å². The molecule has 0 spiro atoms. The quantitative estimate of drug-likeness (QED) is 0.630. The van der Waals surface area contributed by atoms with Crippen LogP contribution < -0.4 is 5.32 Å². The van der Waals surface area contributed by atoms with Gasteiger partial charge in [-0.1, -0.05) is 48.9 Å². The Morgan fingerprint density at radius 3 is 2.52 bits per heavy atom. The van der Waals surface area contributed by atoms with Gasteiger partial charge in [-0.2, -0.15) is 5.10 Å². The maximum Gasteiger partial charge on any atom is 0.255 e. The van der Waals surface area contributed by atoms with Gasteiger partial charge in [-0.05, 0) is 57.4 Å². The van der Waals surface area contributed by atoms with Crippen LogP contribution in [0, 0.1) is 13.8 Å². The number of carbonyl (C=O) groups excluding carboxylic acids is 1. The second-order valence-corrected chi connectivity index (χ2v) is 8.58. The van der Waals surface area contributed by atoms with Crippen LogP contribution in [0.15, 0.2) is 54.7 Å². The van der Waals surface area contributed by atoms with Crippen LogP contribution >= 0.6 is 0 Å². The molecule has 2 aromatic carbocycles. The van der Waals surface area contributed by atoms with Gasteiger partial charge in [0.25, 0.3) is 5.91 Å². The fourth-order valence-electron chi connectivity index (χ4n) is 4.41. The summed E-state index contributed by atoms with van der Waals surface area (Å²) in [6, 6.07) is 16.5. The van der Waals surface area contributed by atoms with Gasteiger partial charge >= 0.3 is 0 Å². The number of nitrogens with one attached hydrogen (secondary N) is 1. The topological polar surface area (TPSA) is 50.2 Å². The summed E-state index contributed by atoms with van der Waals surface area (Å²) in [7, 11) is 0. The van der Waals surface area contributed by atoms with Crippen molar-refractivity contribution < 1.29 is 4.79 Å². The first kappa shape index (κ1) is 21.3. The minimum absolute atomic E-state index is 0.0360. The molecule has 4 rings (SSSR count). The molecule has 2 heterocycles. The van der Waals surface area contributed by atoms with Crippen LogP contribution in [0.25, 0.3) is 16.9 Å². The Bertz CT molecular complexity index is 1030. The molecule has 1 aromatic heterocycles. The Labute approximate surface area is 185 Å². The molecular formula is C26H32N4O. The number of hydrogen-bond donors (Lipinski definition) is 1. The van der Waals surface area contributed by atoms with Gasteiger partial charge in [-0.15, -0.1) is 0 Å². The summed E-state index contributed by atoms with van der Waals surface area (Å²) >= 11 is 0. The van der Waals surface area contributed by atoms with Gasteiger partial charge in [0.15, 0.2) is 0 Å². The van der Waals surface area contributed by atoms with Crippen molar-refractivity contribution in [2.75, 3.05) is 19.6 Å². The summed E-state index contributed by atoms with van der Waals surface area (Å²) in [4.78, 5) is 15.8. The molecule has 5 heteroatoms. The van der Waals surface area contributed by atoms with E-state index in [2.05, 4.69) is 49.2 Å². The number of para-hydroxylation sites is 1. The maximum atomic E-state index is 13.4. The lowest BCUT2D eigenvalue weighted by Gasteiger charge is -2.32. The van der Waals surface area contributed by atoms with Crippen LogP contribution in [0.2, 0.25) is 0 Å². The summed E-state index contributed by atoms with van der Waals surface area (Å²) in [5.41, 5.74) is 5.64. The molecule has 1 N–H and O–H groups in total. The summed E-state index contributed by atoms with van der Waals surface area (Å²) in [5.74, 6) is -0.0360. The van der Waals surface area contributed by atoms with E-state index < -0.39 is 0 Å². The molecular weight excluding hydrogens is 384 g/mol. The molecule has 0 aliphatic carbocycles. The SMILES string of the molecule is CCCN1CCC(NC(=O)c2cn(-c3ccccc3)nc2-c2ccc(C)cc2C)CC1.